The van der Waals surface area contributed by atoms with Crippen LogP contribution in [0, 0.1) is 11.7 Å². The Bertz CT molecular complexity index is 439. The van der Waals surface area contributed by atoms with E-state index in [1.807, 2.05) is 0 Å². The van der Waals surface area contributed by atoms with Gasteiger partial charge in [0, 0.05) is 26.2 Å². The Morgan fingerprint density at radius 1 is 1.53 bits per heavy atom. The van der Waals surface area contributed by atoms with Crippen molar-refractivity contribution >= 4 is 6.03 Å². The van der Waals surface area contributed by atoms with E-state index in [9.17, 15) is 9.18 Å². The fourth-order valence-corrected chi connectivity index (χ4v) is 2.33. The number of benzene rings is 1. The first kappa shape index (κ1) is 13.8. The average molecular weight is 266 g/mol. The smallest absolute Gasteiger partial charge is 0.317 e. The molecule has 2 amide bonds. The summed E-state index contributed by atoms with van der Waals surface area (Å²) in [6.45, 7) is 1.74. The van der Waals surface area contributed by atoms with Gasteiger partial charge in [-0.15, -0.1) is 0 Å². The maximum atomic E-state index is 13.0. The molecule has 0 aromatic heterocycles. The Balaban J connectivity index is 1.84. The number of aliphatic hydroxyl groups is 1. The van der Waals surface area contributed by atoms with Crippen LogP contribution in [0.25, 0.3) is 0 Å². The molecule has 0 spiro atoms. The Kier molecular flexibility index (Phi) is 4.74. The van der Waals surface area contributed by atoms with E-state index < -0.39 is 0 Å². The first-order valence-electron chi connectivity index (χ1n) is 6.57. The third kappa shape index (κ3) is 3.92. The van der Waals surface area contributed by atoms with Gasteiger partial charge in [-0.1, -0.05) is 12.1 Å². The Labute approximate surface area is 112 Å². The van der Waals surface area contributed by atoms with Gasteiger partial charge in [0.15, 0.2) is 0 Å². The van der Waals surface area contributed by atoms with E-state index in [1.165, 1.54) is 12.1 Å². The largest absolute Gasteiger partial charge is 0.396 e. The molecule has 4 nitrogen and oxygen atoms in total. The average Bonchev–Trinajstić information content (AvgIpc) is 2.45. The molecule has 19 heavy (non-hydrogen) atoms. The van der Waals surface area contributed by atoms with E-state index in [-0.39, 0.29) is 24.4 Å². The second-order valence-electron chi connectivity index (χ2n) is 4.93. The predicted molar refractivity (Wildman–Crippen MR) is 70.0 cm³/mol. The van der Waals surface area contributed by atoms with Crippen molar-refractivity contribution in [2.75, 3.05) is 19.7 Å². The molecule has 1 aromatic rings. The number of halogens is 1. The summed E-state index contributed by atoms with van der Waals surface area (Å²) in [5, 5.41) is 11.9. The number of piperidine rings is 1. The number of nitrogens with one attached hydrogen (secondary N) is 1. The van der Waals surface area contributed by atoms with Crippen LogP contribution >= 0.6 is 0 Å². The van der Waals surface area contributed by atoms with Crippen LogP contribution in [0.15, 0.2) is 24.3 Å². The van der Waals surface area contributed by atoms with Crippen molar-refractivity contribution in [2.24, 2.45) is 5.92 Å². The minimum absolute atomic E-state index is 0.119. The van der Waals surface area contributed by atoms with E-state index >= 15 is 0 Å². The molecule has 1 aliphatic heterocycles. The van der Waals surface area contributed by atoms with Gasteiger partial charge >= 0.3 is 6.03 Å². The number of hydrogen-bond acceptors (Lipinski definition) is 2. The van der Waals surface area contributed by atoms with Crippen LogP contribution in [0.3, 0.4) is 0 Å². The van der Waals surface area contributed by atoms with Gasteiger partial charge in [-0.2, -0.15) is 0 Å². The van der Waals surface area contributed by atoms with Gasteiger partial charge in [0.2, 0.25) is 0 Å². The van der Waals surface area contributed by atoms with Crippen LogP contribution in [0.4, 0.5) is 9.18 Å². The highest BCUT2D eigenvalue weighted by atomic mass is 19.1. The number of carbonyl (C=O) groups excluding carboxylic acids is 1. The van der Waals surface area contributed by atoms with Crippen molar-refractivity contribution < 1.29 is 14.3 Å². The number of aliphatic hydroxyl groups excluding tert-OH is 1. The number of hydrogen-bond donors (Lipinski definition) is 2. The molecule has 1 saturated heterocycles. The van der Waals surface area contributed by atoms with Gasteiger partial charge in [0.25, 0.3) is 0 Å². The molecule has 0 saturated carbocycles. The van der Waals surface area contributed by atoms with E-state index in [1.54, 1.807) is 17.0 Å². The van der Waals surface area contributed by atoms with Crippen LogP contribution in [0.5, 0.6) is 0 Å². The lowest BCUT2D eigenvalue weighted by molar-refractivity contribution is 0.129. The Morgan fingerprint density at radius 3 is 3.11 bits per heavy atom. The molecule has 1 atom stereocenters. The Morgan fingerprint density at radius 2 is 2.37 bits per heavy atom. The van der Waals surface area contributed by atoms with Crippen LogP contribution in [0.1, 0.15) is 18.4 Å². The van der Waals surface area contributed by atoms with Gasteiger partial charge in [-0.05, 0) is 36.5 Å². The summed E-state index contributed by atoms with van der Waals surface area (Å²) >= 11 is 0. The van der Waals surface area contributed by atoms with Gasteiger partial charge < -0.3 is 15.3 Å². The molecule has 1 aromatic carbocycles. The number of urea groups is 1. The highest BCUT2D eigenvalue weighted by Crippen LogP contribution is 2.15. The molecule has 5 heteroatoms. The lowest BCUT2D eigenvalue weighted by atomic mass is 9.99. The van der Waals surface area contributed by atoms with Crippen molar-refractivity contribution in [3.63, 3.8) is 0 Å². The standard InChI is InChI=1S/C14H19FN2O2/c15-13-5-1-3-11(7-13)8-16-14(19)17-6-2-4-12(9-17)10-18/h1,3,5,7,12,18H,2,4,6,8-10H2,(H,16,19). The molecule has 1 heterocycles. The third-order valence-corrected chi connectivity index (χ3v) is 3.40. The molecule has 2 N–H and O–H groups in total. The summed E-state index contributed by atoms with van der Waals surface area (Å²) in [5.41, 5.74) is 0.740. The molecular weight excluding hydrogens is 247 g/mol. The molecule has 0 radical (unpaired) electrons. The molecule has 1 fully saturated rings. The maximum absolute atomic E-state index is 13.0. The van der Waals surface area contributed by atoms with E-state index in [0.717, 1.165) is 18.4 Å². The summed E-state index contributed by atoms with van der Waals surface area (Å²) < 4.78 is 13.0. The van der Waals surface area contributed by atoms with Gasteiger partial charge in [0.05, 0.1) is 0 Å². The van der Waals surface area contributed by atoms with Crippen molar-refractivity contribution in [2.45, 2.75) is 19.4 Å². The number of amides is 2. The number of carbonyl (C=O) groups is 1. The molecule has 1 aliphatic rings. The van der Waals surface area contributed by atoms with Crippen LogP contribution in [0.2, 0.25) is 0 Å². The monoisotopic (exact) mass is 266 g/mol. The topological polar surface area (TPSA) is 52.6 Å². The summed E-state index contributed by atoms with van der Waals surface area (Å²) in [7, 11) is 0. The second kappa shape index (κ2) is 6.52. The summed E-state index contributed by atoms with van der Waals surface area (Å²) in [6, 6.07) is 6.03. The zero-order chi connectivity index (χ0) is 13.7. The van der Waals surface area contributed by atoms with Crippen LogP contribution in [-0.4, -0.2) is 35.7 Å². The minimum atomic E-state index is -0.301. The van der Waals surface area contributed by atoms with E-state index in [2.05, 4.69) is 5.32 Å². The molecule has 1 unspecified atom stereocenters. The lowest BCUT2D eigenvalue weighted by Crippen LogP contribution is -2.45. The first-order chi connectivity index (χ1) is 9.19. The molecule has 0 bridgehead atoms. The van der Waals surface area contributed by atoms with Gasteiger partial charge in [-0.25, -0.2) is 9.18 Å². The van der Waals surface area contributed by atoms with Crippen LogP contribution in [-0.2, 0) is 6.54 Å². The highest BCUT2D eigenvalue weighted by molar-refractivity contribution is 5.74. The van der Waals surface area contributed by atoms with E-state index in [4.69, 9.17) is 5.11 Å². The zero-order valence-corrected chi connectivity index (χ0v) is 10.8. The summed E-state index contributed by atoms with van der Waals surface area (Å²) in [4.78, 5) is 13.7. The van der Waals surface area contributed by atoms with Crippen molar-refractivity contribution in [1.82, 2.24) is 10.2 Å². The van der Waals surface area contributed by atoms with Crippen LogP contribution < -0.4 is 5.32 Å². The van der Waals surface area contributed by atoms with Gasteiger partial charge in [0.1, 0.15) is 5.82 Å². The third-order valence-electron chi connectivity index (χ3n) is 3.40. The number of rotatable bonds is 3. The first-order valence-corrected chi connectivity index (χ1v) is 6.57. The fraction of sp³-hybridized carbons (Fsp3) is 0.500. The number of nitrogens with zero attached hydrogens (tertiary/aromatic N) is 1. The number of likely N-dealkylation sites (tertiary alicyclic amines) is 1. The molecular formula is C14H19FN2O2. The van der Waals surface area contributed by atoms with Crippen molar-refractivity contribution in [3.8, 4) is 0 Å². The highest BCUT2D eigenvalue weighted by Gasteiger charge is 2.22. The normalized spacial score (nSPS) is 19.3. The maximum Gasteiger partial charge on any atom is 0.317 e. The quantitative estimate of drug-likeness (QED) is 0.875. The second-order valence-corrected chi connectivity index (χ2v) is 4.93. The van der Waals surface area contributed by atoms with Crippen molar-refractivity contribution in [3.05, 3.63) is 35.6 Å². The Hall–Kier alpha value is -1.62. The predicted octanol–water partition coefficient (Wildman–Crippen LogP) is 1.74. The SMILES string of the molecule is O=C(NCc1cccc(F)c1)N1CCCC(CO)C1. The molecule has 2 rings (SSSR count). The summed E-state index contributed by atoms with van der Waals surface area (Å²) in [6.07, 6.45) is 1.88. The van der Waals surface area contributed by atoms with Crippen molar-refractivity contribution in [1.29, 1.82) is 0 Å². The lowest BCUT2D eigenvalue weighted by Gasteiger charge is -2.31. The van der Waals surface area contributed by atoms with Gasteiger partial charge in [-0.3, -0.25) is 0 Å². The molecule has 0 aliphatic carbocycles. The van der Waals surface area contributed by atoms with E-state index in [0.29, 0.717) is 19.6 Å². The zero-order valence-electron chi connectivity index (χ0n) is 10.8. The summed E-state index contributed by atoms with van der Waals surface area (Å²) in [5.74, 6) is -0.126. The fourth-order valence-electron chi connectivity index (χ4n) is 2.33. The minimum Gasteiger partial charge on any atom is -0.396 e. The molecule has 104 valence electrons.